The zero-order valence-corrected chi connectivity index (χ0v) is 9.36. The molecule has 0 aliphatic heterocycles. The number of rotatable bonds is 3. The minimum Gasteiger partial charge on any atom is -0.497 e. The van der Waals surface area contributed by atoms with E-state index >= 15 is 0 Å². The van der Waals surface area contributed by atoms with E-state index in [1.54, 1.807) is 14.0 Å². The Labute approximate surface area is 94.1 Å². The predicted molar refractivity (Wildman–Crippen MR) is 62.7 cm³/mol. The van der Waals surface area contributed by atoms with Crippen molar-refractivity contribution in [2.24, 2.45) is 0 Å². The Bertz CT molecular complexity index is 534. The number of carbonyl (C=O) groups excluding carboxylic acids is 1. The number of fused-ring (bicyclic) bond motifs is 1. The fourth-order valence-electron chi connectivity index (χ4n) is 1.62. The van der Waals surface area contributed by atoms with Crippen LogP contribution >= 0.6 is 0 Å². The summed E-state index contributed by atoms with van der Waals surface area (Å²) < 4.78 is 5.14. The molecule has 0 N–H and O–H groups in total. The van der Waals surface area contributed by atoms with Crippen LogP contribution in [0.3, 0.4) is 0 Å². The van der Waals surface area contributed by atoms with Crippen molar-refractivity contribution < 1.29 is 9.53 Å². The Morgan fingerprint density at radius 2 is 2.06 bits per heavy atom. The van der Waals surface area contributed by atoms with Crippen molar-refractivity contribution >= 4 is 16.7 Å². The molecule has 1 aromatic heterocycles. The smallest absolute Gasteiger partial charge is 0.135 e. The van der Waals surface area contributed by atoms with E-state index in [0.717, 1.165) is 22.3 Å². The van der Waals surface area contributed by atoms with Gasteiger partial charge < -0.3 is 4.74 Å². The molecule has 0 saturated heterocycles. The van der Waals surface area contributed by atoms with Crippen molar-refractivity contribution in [3.05, 3.63) is 36.0 Å². The second-order valence-corrected chi connectivity index (χ2v) is 3.74. The number of Topliss-reactive ketones (excluding diaryl/α,β-unsaturated/α-hetero) is 1. The van der Waals surface area contributed by atoms with Crippen LogP contribution in [0.1, 0.15) is 12.6 Å². The van der Waals surface area contributed by atoms with Gasteiger partial charge in [0.2, 0.25) is 0 Å². The summed E-state index contributed by atoms with van der Waals surface area (Å²) in [6.45, 7) is 1.57. The fourth-order valence-corrected chi connectivity index (χ4v) is 1.62. The van der Waals surface area contributed by atoms with Crippen molar-refractivity contribution in [2.75, 3.05) is 7.11 Å². The molecule has 0 spiro atoms. The second kappa shape index (κ2) is 4.31. The SMILES string of the molecule is COc1ccc2ccc(CC(C)=O)nc2c1. The maximum absolute atomic E-state index is 11.0. The monoisotopic (exact) mass is 215 g/mol. The summed E-state index contributed by atoms with van der Waals surface area (Å²) in [7, 11) is 1.63. The maximum atomic E-state index is 11.0. The molecule has 0 saturated carbocycles. The highest BCUT2D eigenvalue weighted by Gasteiger charge is 2.02. The average molecular weight is 215 g/mol. The van der Waals surface area contributed by atoms with Gasteiger partial charge in [-0.25, -0.2) is 0 Å². The van der Waals surface area contributed by atoms with E-state index in [9.17, 15) is 4.79 Å². The van der Waals surface area contributed by atoms with E-state index < -0.39 is 0 Å². The van der Waals surface area contributed by atoms with Crippen LogP contribution in [0.15, 0.2) is 30.3 Å². The molecule has 0 unspecified atom stereocenters. The molecule has 2 rings (SSSR count). The normalized spacial score (nSPS) is 10.4. The fraction of sp³-hybridized carbons (Fsp3) is 0.231. The van der Waals surface area contributed by atoms with Gasteiger partial charge in [-0.2, -0.15) is 0 Å². The molecule has 16 heavy (non-hydrogen) atoms. The highest BCUT2D eigenvalue weighted by atomic mass is 16.5. The van der Waals surface area contributed by atoms with Crippen molar-refractivity contribution in [2.45, 2.75) is 13.3 Å². The largest absolute Gasteiger partial charge is 0.497 e. The maximum Gasteiger partial charge on any atom is 0.135 e. The predicted octanol–water partition coefficient (Wildman–Crippen LogP) is 2.37. The Morgan fingerprint density at radius 3 is 2.75 bits per heavy atom. The lowest BCUT2D eigenvalue weighted by Crippen LogP contribution is -1.99. The highest BCUT2D eigenvalue weighted by molar-refractivity contribution is 5.82. The third-order valence-electron chi connectivity index (χ3n) is 2.39. The molecule has 0 bridgehead atoms. The molecule has 1 heterocycles. The van der Waals surface area contributed by atoms with Gasteiger partial charge >= 0.3 is 0 Å². The first kappa shape index (κ1) is 10.6. The molecule has 82 valence electrons. The summed E-state index contributed by atoms with van der Waals surface area (Å²) in [5.41, 5.74) is 1.66. The van der Waals surface area contributed by atoms with Crippen LogP contribution in [0.4, 0.5) is 0 Å². The zero-order valence-electron chi connectivity index (χ0n) is 9.36. The standard InChI is InChI=1S/C13H13NO2/c1-9(15)7-11-5-3-10-4-6-12(16-2)8-13(10)14-11/h3-6,8H,7H2,1-2H3. The molecular formula is C13H13NO2. The van der Waals surface area contributed by atoms with E-state index in [-0.39, 0.29) is 5.78 Å². The van der Waals surface area contributed by atoms with E-state index in [2.05, 4.69) is 4.98 Å². The number of hydrogen-bond acceptors (Lipinski definition) is 3. The summed E-state index contributed by atoms with van der Waals surface area (Å²) in [6, 6.07) is 9.59. The minimum atomic E-state index is 0.120. The van der Waals surface area contributed by atoms with Gasteiger partial charge in [0.25, 0.3) is 0 Å². The quantitative estimate of drug-likeness (QED) is 0.789. The Balaban J connectivity index is 2.46. The lowest BCUT2D eigenvalue weighted by atomic mass is 10.1. The van der Waals surface area contributed by atoms with E-state index in [0.29, 0.717) is 6.42 Å². The number of hydrogen-bond donors (Lipinski definition) is 0. The molecule has 3 heteroatoms. The number of carbonyl (C=O) groups is 1. The van der Waals surface area contributed by atoms with Gasteiger partial charge in [0.05, 0.1) is 12.6 Å². The van der Waals surface area contributed by atoms with Gasteiger partial charge in [0.15, 0.2) is 0 Å². The number of ketones is 1. The number of aromatic nitrogens is 1. The lowest BCUT2D eigenvalue weighted by Gasteiger charge is -2.03. The summed E-state index contributed by atoms with van der Waals surface area (Å²) in [5.74, 6) is 0.898. The molecule has 3 nitrogen and oxygen atoms in total. The van der Waals surface area contributed by atoms with Crippen LogP contribution in [-0.4, -0.2) is 17.9 Å². The number of methoxy groups -OCH3 is 1. The van der Waals surface area contributed by atoms with Crippen molar-refractivity contribution in [3.63, 3.8) is 0 Å². The topological polar surface area (TPSA) is 39.2 Å². The summed E-state index contributed by atoms with van der Waals surface area (Å²) in [4.78, 5) is 15.4. The molecule has 0 atom stereocenters. The molecular weight excluding hydrogens is 202 g/mol. The molecule has 0 fully saturated rings. The van der Waals surface area contributed by atoms with Crippen LogP contribution in [0, 0.1) is 0 Å². The molecule has 0 aliphatic rings. The lowest BCUT2D eigenvalue weighted by molar-refractivity contribution is -0.116. The van der Waals surface area contributed by atoms with Gasteiger partial charge in [0, 0.05) is 23.6 Å². The number of ether oxygens (including phenoxy) is 1. The van der Waals surface area contributed by atoms with Crippen molar-refractivity contribution in [1.82, 2.24) is 4.98 Å². The highest BCUT2D eigenvalue weighted by Crippen LogP contribution is 2.19. The molecule has 0 aliphatic carbocycles. The molecule has 0 radical (unpaired) electrons. The number of pyridine rings is 1. The molecule has 1 aromatic carbocycles. The van der Waals surface area contributed by atoms with Gasteiger partial charge in [-0.1, -0.05) is 6.07 Å². The first-order valence-corrected chi connectivity index (χ1v) is 5.12. The average Bonchev–Trinajstić information content (AvgIpc) is 2.27. The van der Waals surface area contributed by atoms with Crippen LogP contribution in [-0.2, 0) is 11.2 Å². The van der Waals surface area contributed by atoms with Gasteiger partial charge in [0.1, 0.15) is 11.5 Å². The number of nitrogens with zero attached hydrogens (tertiary/aromatic N) is 1. The molecule has 0 amide bonds. The third-order valence-corrected chi connectivity index (χ3v) is 2.39. The first-order chi connectivity index (χ1) is 7.69. The van der Waals surface area contributed by atoms with Gasteiger partial charge in [-0.15, -0.1) is 0 Å². The van der Waals surface area contributed by atoms with Crippen LogP contribution < -0.4 is 4.74 Å². The van der Waals surface area contributed by atoms with Crippen molar-refractivity contribution in [3.8, 4) is 5.75 Å². The van der Waals surface area contributed by atoms with E-state index in [4.69, 9.17) is 4.74 Å². The Kier molecular flexibility index (Phi) is 2.86. The summed E-state index contributed by atoms with van der Waals surface area (Å²) >= 11 is 0. The van der Waals surface area contributed by atoms with Crippen LogP contribution in [0.2, 0.25) is 0 Å². The Morgan fingerprint density at radius 1 is 1.31 bits per heavy atom. The summed E-state index contributed by atoms with van der Waals surface area (Å²) in [6.07, 6.45) is 0.382. The van der Waals surface area contributed by atoms with Gasteiger partial charge in [-0.05, 0) is 25.1 Å². The van der Waals surface area contributed by atoms with E-state index in [1.807, 2.05) is 30.3 Å². The van der Waals surface area contributed by atoms with Crippen LogP contribution in [0.5, 0.6) is 5.75 Å². The Hall–Kier alpha value is -1.90. The van der Waals surface area contributed by atoms with E-state index in [1.165, 1.54) is 0 Å². The minimum absolute atomic E-state index is 0.120. The van der Waals surface area contributed by atoms with Crippen molar-refractivity contribution in [1.29, 1.82) is 0 Å². The van der Waals surface area contributed by atoms with Gasteiger partial charge in [-0.3, -0.25) is 9.78 Å². The second-order valence-electron chi connectivity index (χ2n) is 3.74. The number of benzene rings is 1. The third kappa shape index (κ3) is 2.19. The van der Waals surface area contributed by atoms with Crippen LogP contribution in [0.25, 0.3) is 10.9 Å². The summed E-state index contributed by atoms with van der Waals surface area (Å²) in [5, 5.41) is 1.05. The zero-order chi connectivity index (χ0) is 11.5. The molecule has 2 aromatic rings. The first-order valence-electron chi connectivity index (χ1n) is 5.12.